The van der Waals surface area contributed by atoms with Crippen LogP contribution in [0.5, 0.6) is 0 Å². The van der Waals surface area contributed by atoms with Crippen molar-refractivity contribution < 1.29 is 9.59 Å². The van der Waals surface area contributed by atoms with Gasteiger partial charge in [-0.2, -0.15) is 0 Å². The molecule has 1 heterocycles. The van der Waals surface area contributed by atoms with Crippen molar-refractivity contribution in [3.63, 3.8) is 0 Å². The van der Waals surface area contributed by atoms with E-state index in [-0.39, 0.29) is 11.8 Å². The minimum atomic E-state index is -0.602. The van der Waals surface area contributed by atoms with E-state index < -0.39 is 11.9 Å². The summed E-state index contributed by atoms with van der Waals surface area (Å²) in [5, 5.41) is 3.63. The molecule has 23 heavy (non-hydrogen) atoms. The van der Waals surface area contributed by atoms with Gasteiger partial charge in [-0.05, 0) is 30.9 Å². The van der Waals surface area contributed by atoms with E-state index in [0.717, 1.165) is 36.6 Å². The Hall–Kier alpha value is -2.43. The lowest BCUT2D eigenvalue weighted by Crippen LogP contribution is -2.49. The van der Waals surface area contributed by atoms with E-state index in [2.05, 4.69) is 10.3 Å². The van der Waals surface area contributed by atoms with Crippen molar-refractivity contribution in [3.8, 4) is 0 Å². The molecule has 2 aromatic rings. The molecule has 1 aromatic carbocycles. The number of pyridine rings is 1. The largest absolute Gasteiger partial charge is 0.368 e. The fraction of sp³-hybridized carbons (Fsp3) is 0.389. The van der Waals surface area contributed by atoms with Crippen molar-refractivity contribution in [2.75, 3.05) is 0 Å². The van der Waals surface area contributed by atoms with Crippen LogP contribution in [0.4, 0.5) is 0 Å². The normalized spacial score (nSPS) is 16.9. The summed E-state index contributed by atoms with van der Waals surface area (Å²) in [6.45, 7) is 0. The van der Waals surface area contributed by atoms with Gasteiger partial charge in [0.1, 0.15) is 6.04 Å². The predicted molar refractivity (Wildman–Crippen MR) is 88.8 cm³/mol. The lowest BCUT2D eigenvalue weighted by atomic mass is 9.83. The molecule has 1 aliphatic rings. The Morgan fingerprint density at radius 3 is 2.61 bits per heavy atom. The highest BCUT2D eigenvalue weighted by atomic mass is 16.2. The molecule has 0 saturated heterocycles. The van der Waals surface area contributed by atoms with Crippen LogP contribution >= 0.6 is 0 Å². The van der Waals surface area contributed by atoms with Gasteiger partial charge in [-0.25, -0.2) is 0 Å². The maximum Gasteiger partial charge on any atom is 0.252 e. The van der Waals surface area contributed by atoms with Crippen molar-refractivity contribution in [2.24, 2.45) is 11.7 Å². The first-order chi connectivity index (χ1) is 11.2. The van der Waals surface area contributed by atoms with Crippen LogP contribution in [0.2, 0.25) is 0 Å². The number of hydrogen-bond acceptors (Lipinski definition) is 3. The second-order valence-electron chi connectivity index (χ2n) is 6.13. The number of fused-ring (bicyclic) bond motifs is 1. The minimum Gasteiger partial charge on any atom is -0.368 e. The van der Waals surface area contributed by atoms with Crippen LogP contribution < -0.4 is 11.1 Å². The van der Waals surface area contributed by atoms with E-state index in [1.807, 2.05) is 24.3 Å². The molecule has 5 nitrogen and oxygen atoms in total. The van der Waals surface area contributed by atoms with Gasteiger partial charge in [0, 0.05) is 11.6 Å². The number of nitrogens with zero attached hydrogens (tertiary/aromatic N) is 1. The van der Waals surface area contributed by atoms with Gasteiger partial charge in [-0.1, -0.05) is 37.5 Å². The summed E-state index contributed by atoms with van der Waals surface area (Å²) < 4.78 is 0. The zero-order chi connectivity index (χ0) is 16.2. The highest BCUT2D eigenvalue weighted by Gasteiger charge is 2.29. The van der Waals surface area contributed by atoms with Gasteiger partial charge in [-0.15, -0.1) is 0 Å². The Kier molecular flexibility index (Phi) is 4.55. The second-order valence-corrected chi connectivity index (χ2v) is 6.13. The summed E-state index contributed by atoms with van der Waals surface area (Å²) in [6, 6.07) is 8.54. The van der Waals surface area contributed by atoms with Crippen molar-refractivity contribution in [1.29, 1.82) is 0 Å². The Bertz CT molecular complexity index is 718. The molecule has 120 valence electrons. The third-order valence-corrected chi connectivity index (χ3v) is 4.61. The molecule has 2 amide bonds. The maximum absolute atomic E-state index is 12.7. The first-order valence-electron chi connectivity index (χ1n) is 8.11. The number of carbonyl (C=O) groups is 2. The van der Waals surface area contributed by atoms with Crippen LogP contribution in [-0.4, -0.2) is 22.8 Å². The molecule has 1 atom stereocenters. The second kappa shape index (κ2) is 6.77. The summed E-state index contributed by atoms with van der Waals surface area (Å²) in [6.07, 6.45) is 6.84. The maximum atomic E-state index is 12.7. The van der Waals surface area contributed by atoms with Crippen molar-refractivity contribution in [2.45, 2.75) is 38.1 Å². The van der Waals surface area contributed by atoms with E-state index in [1.54, 1.807) is 12.3 Å². The quantitative estimate of drug-likeness (QED) is 0.909. The standard InChI is InChI=1S/C18H21N3O2/c19-17(22)16(12-6-2-1-3-7-12)21-18(23)14-10-11-20-15-9-5-4-8-13(14)15/h4-5,8-12,16H,1-3,6-7H2,(H2,19,22)(H,21,23)/t16-/m1/s1. The number of hydrogen-bond donors (Lipinski definition) is 2. The first-order valence-corrected chi connectivity index (χ1v) is 8.11. The van der Waals surface area contributed by atoms with E-state index in [9.17, 15) is 9.59 Å². The number of para-hydroxylation sites is 1. The molecular formula is C18H21N3O2. The van der Waals surface area contributed by atoms with Crippen molar-refractivity contribution >= 4 is 22.7 Å². The van der Waals surface area contributed by atoms with Crippen LogP contribution in [0, 0.1) is 5.92 Å². The molecule has 1 aromatic heterocycles. The van der Waals surface area contributed by atoms with Gasteiger partial charge in [0.15, 0.2) is 0 Å². The van der Waals surface area contributed by atoms with Gasteiger partial charge in [0.25, 0.3) is 5.91 Å². The van der Waals surface area contributed by atoms with Crippen LogP contribution in [0.1, 0.15) is 42.5 Å². The van der Waals surface area contributed by atoms with Crippen LogP contribution in [-0.2, 0) is 4.79 Å². The number of aromatic nitrogens is 1. The van der Waals surface area contributed by atoms with E-state index in [4.69, 9.17) is 5.73 Å². The minimum absolute atomic E-state index is 0.137. The Morgan fingerprint density at radius 2 is 1.87 bits per heavy atom. The molecule has 3 N–H and O–H groups in total. The number of carbonyl (C=O) groups excluding carboxylic acids is 2. The average molecular weight is 311 g/mol. The van der Waals surface area contributed by atoms with E-state index in [0.29, 0.717) is 5.56 Å². The SMILES string of the molecule is NC(=O)[C@H](NC(=O)c1ccnc2ccccc12)C1CCCCC1. The molecular weight excluding hydrogens is 290 g/mol. The molecule has 5 heteroatoms. The zero-order valence-electron chi connectivity index (χ0n) is 13.0. The molecule has 1 fully saturated rings. The third kappa shape index (κ3) is 3.33. The Morgan fingerprint density at radius 1 is 1.13 bits per heavy atom. The molecule has 0 unspecified atom stereocenters. The van der Waals surface area contributed by atoms with Gasteiger partial charge in [-0.3, -0.25) is 14.6 Å². The summed E-state index contributed by atoms with van der Waals surface area (Å²) in [4.78, 5) is 28.8. The van der Waals surface area contributed by atoms with E-state index in [1.165, 1.54) is 6.42 Å². The van der Waals surface area contributed by atoms with Gasteiger partial charge < -0.3 is 11.1 Å². The topological polar surface area (TPSA) is 85.1 Å². The summed E-state index contributed by atoms with van der Waals surface area (Å²) in [7, 11) is 0. The number of nitrogens with two attached hydrogens (primary N) is 1. The van der Waals surface area contributed by atoms with Crippen LogP contribution in [0.15, 0.2) is 36.5 Å². The Labute approximate surface area is 135 Å². The lowest BCUT2D eigenvalue weighted by Gasteiger charge is -2.28. The van der Waals surface area contributed by atoms with Crippen molar-refractivity contribution in [3.05, 3.63) is 42.1 Å². The fourth-order valence-corrected chi connectivity index (χ4v) is 3.40. The summed E-state index contributed by atoms with van der Waals surface area (Å²) >= 11 is 0. The third-order valence-electron chi connectivity index (χ3n) is 4.61. The molecule has 0 bridgehead atoms. The highest BCUT2D eigenvalue weighted by molar-refractivity contribution is 6.07. The average Bonchev–Trinajstić information content (AvgIpc) is 2.59. The smallest absolute Gasteiger partial charge is 0.252 e. The van der Waals surface area contributed by atoms with Crippen LogP contribution in [0.25, 0.3) is 10.9 Å². The summed E-state index contributed by atoms with van der Waals surface area (Å²) in [5.41, 5.74) is 6.82. The monoisotopic (exact) mass is 311 g/mol. The number of benzene rings is 1. The number of primary amides is 1. The molecule has 1 saturated carbocycles. The highest BCUT2D eigenvalue weighted by Crippen LogP contribution is 2.27. The van der Waals surface area contributed by atoms with Gasteiger partial charge in [0.05, 0.1) is 11.1 Å². The molecule has 3 rings (SSSR count). The molecule has 0 aliphatic heterocycles. The van der Waals surface area contributed by atoms with Crippen molar-refractivity contribution in [1.82, 2.24) is 10.3 Å². The summed E-state index contributed by atoms with van der Waals surface area (Å²) in [5.74, 6) is -0.583. The fourth-order valence-electron chi connectivity index (χ4n) is 3.40. The number of amides is 2. The zero-order valence-corrected chi connectivity index (χ0v) is 13.0. The molecule has 0 radical (unpaired) electrons. The molecule has 0 spiro atoms. The van der Waals surface area contributed by atoms with E-state index >= 15 is 0 Å². The molecule has 1 aliphatic carbocycles. The Balaban J connectivity index is 1.84. The van der Waals surface area contributed by atoms with Gasteiger partial charge >= 0.3 is 0 Å². The van der Waals surface area contributed by atoms with Gasteiger partial charge in [0.2, 0.25) is 5.91 Å². The predicted octanol–water partition coefficient (Wildman–Crippen LogP) is 2.40. The number of nitrogens with one attached hydrogen (secondary N) is 1. The number of rotatable bonds is 4. The first kappa shape index (κ1) is 15.5. The van der Waals surface area contributed by atoms with Crippen LogP contribution in [0.3, 0.4) is 0 Å². The lowest BCUT2D eigenvalue weighted by molar-refractivity contribution is -0.121.